The van der Waals surface area contributed by atoms with Crippen molar-refractivity contribution in [2.75, 3.05) is 5.32 Å². The van der Waals surface area contributed by atoms with Gasteiger partial charge in [0.1, 0.15) is 6.10 Å². The minimum atomic E-state index is -4.18. The summed E-state index contributed by atoms with van der Waals surface area (Å²) in [5, 5.41) is 10.8. The third-order valence-electron chi connectivity index (χ3n) is 5.79. The average Bonchev–Trinajstić information content (AvgIpc) is 3.25. The summed E-state index contributed by atoms with van der Waals surface area (Å²) in [5.41, 5.74) is -0.561. The summed E-state index contributed by atoms with van der Waals surface area (Å²) in [6, 6.07) is 4.53. The van der Waals surface area contributed by atoms with Crippen molar-refractivity contribution in [2.45, 2.75) is 29.1 Å². The largest absolute Gasteiger partial charge is 0.385 e. The standard InChI is InChI=1S/C20H15ClF3NO5S/c21-12-4-1-8(20(28)25-9-6-13(22)16(24)14(23)7-9)5-15(12)31(29,30)19-10-2-3-11(19)18(27)17(10)26/h1,4-7,10-11,17,19,26H,2-3H2,(H,25,28)/t10?,11?,17?,19-/m1/s1. The maximum atomic E-state index is 13.4. The second-order valence-electron chi connectivity index (χ2n) is 7.56. The molecule has 2 bridgehead atoms. The SMILES string of the molecule is O=C(Nc1cc(F)c(F)c(F)c1)c1ccc(Cl)c(S(=O)(=O)[C@H]2C3CCC2C(O)C3=O)c1. The van der Waals surface area contributed by atoms with E-state index in [9.17, 15) is 36.3 Å². The van der Waals surface area contributed by atoms with Crippen LogP contribution in [0, 0.1) is 29.3 Å². The van der Waals surface area contributed by atoms with Crippen LogP contribution < -0.4 is 5.32 Å². The fraction of sp³-hybridized carbons (Fsp3) is 0.300. The van der Waals surface area contributed by atoms with Crippen LogP contribution in [-0.2, 0) is 14.6 Å². The Balaban J connectivity index is 1.66. The van der Waals surface area contributed by atoms with Gasteiger partial charge >= 0.3 is 0 Å². The highest BCUT2D eigenvalue weighted by molar-refractivity contribution is 7.92. The van der Waals surface area contributed by atoms with Crippen LogP contribution in [0.2, 0.25) is 5.02 Å². The topological polar surface area (TPSA) is 101 Å². The van der Waals surface area contributed by atoms with E-state index in [2.05, 4.69) is 5.32 Å². The number of aliphatic hydroxyl groups is 1. The summed E-state index contributed by atoms with van der Waals surface area (Å²) in [7, 11) is -4.18. The maximum absolute atomic E-state index is 13.4. The van der Waals surface area contributed by atoms with Gasteiger partial charge in [0.15, 0.2) is 33.1 Å². The summed E-state index contributed by atoms with van der Waals surface area (Å²) in [6.07, 6.45) is -0.641. The molecule has 3 unspecified atom stereocenters. The molecule has 2 aliphatic rings. The van der Waals surface area contributed by atoms with Crippen LogP contribution in [-0.4, -0.2) is 36.6 Å². The molecule has 2 saturated carbocycles. The highest BCUT2D eigenvalue weighted by Crippen LogP contribution is 2.48. The van der Waals surface area contributed by atoms with Crippen molar-refractivity contribution in [1.29, 1.82) is 0 Å². The Morgan fingerprint density at radius 2 is 1.74 bits per heavy atom. The lowest BCUT2D eigenvalue weighted by molar-refractivity contribution is -0.130. The minimum absolute atomic E-state index is 0.177. The molecular formula is C20H15ClF3NO5S. The Kier molecular flexibility index (Phi) is 5.35. The number of rotatable bonds is 4. The van der Waals surface area contributed by atoms with Gasteiger partial charge in [-0.25, -0.2) is 21.6 Å². The van der Waals surface area contributed by atoms with Gasteiger partial charge in [0.2, 0.25) is 0 Å². The number of carbonyl (C=O) groups is 2. The lowest BCUT2D eigenvalue weighted by Crippen LogP contribution is -2.29. The number of aliphatic hydroxyl groups excluding tert-OH is 1. The third-order valence-corrected chi connectivity index (χ3v) is 8.58. The van der Waals surface area contributed by atoms with Crippen LogP contribution in [0.3, 0.4) is 0 Å². The number of hydrogen-bond donors (Lipinski definition) is 2. The summed E-state index contributed by atoms with van der Waals surface area (Å²) < 4.78 is 66.3. The molecule has 0 heterocycles. The maximum Gasteiger partial charge on any atom is 0.255 e. The van der Waals surface area contributed by atoms with Gasteiger partial charge < -0.3 is 10.4 Å². The van der Waals surface area contributed by atoms with Gasteiger partial charge in [0, 0.05) is 35.2 Å². The van der Waals surface area contributed by atoms with Crippen LogP contribution in [0.4, 0.5) is 18.9 Å². The number of fused-ring (bicyclic) bond motifs is 2. The number of Topliss-reactive ketones (excluding diaryl/α,β-unsaturated/α-hetero) is 1. The van der Waals surface area contributed by atoms with Crippen molar-refractivity contribution >= 4 is 38.8 Å². The molecule has 2 aromatic carbocycles. The van der Waals surface area contributed by atoms with Gasteiger partial charge in [-0.05, 0) is 31.0 Å². The molecule has 4 rings (SSSR count). The van der Waals surface area contributed by atoms with Crippen LogP contribution in [0.5, 0.6) is 0 Å². The van der Waals surface area contributed by atoms with Crippen molar-refractivity contribution < 1.29 is 36.3 Å². The van der Waals surface area contributed by atoms with E-state index in [1.54, 1.807) is 0 Å². The quantitative estimate of drug-likeness (QED) is 0.664. The van der Waals surface area contributed by atoms with Crippen LogP contribution >= 0.6 is 11.6 Å². The highest BCUT2D eigenvalue weighted by Gasteiger charge is 2.59. The molecule has 0 spiro atoms. The van der Waals surface area contributed by atoms with Crippen LogP contribution in [0.1, 0.15) is 23.2 Å². The molecule has 2 aliphatic carbocycles. The predicted octanol–water partition coefficient (Wildman–Crippen LogP) is 3.12. The molecule has 6 nitrogen and oxygen atoms in total. The molecule has 31 heavy (non-hydrogen) atoms. The number of carbonyl (C=O) groups excluding carboxylic acids is 2. The number of halogens is 4. The van der Waals surface area contributed by atoms with E-state index in [0.29, 0.717) is 25.0 Å². The second-order valence-corrected chi connectivity index (χ2v) is 10.0. The molecule has 2 fully saturated rings. The second kappa shape index (κ2) is 7.61. The van der Waals surface area contributed by atoms with E-state index < -0.39 is 62.2 Å². The first-order valence-corrected chi connectivity index (χ1v) is 11.2. The summed E-state index contributed by atoms with van der Waals surface area (Å²) in [5.74, 6) is -7.73. The Hall–Kier alpha value is -2.43. The number of amides is 1. The lowest BCUT2D eigenvalue weighted by Gasteiger charge is -2.18. The zero-order chi connectivity index (χ0) is 22.7. The van der Waals surface area contributed by atoms with E-state index in [1.807, 2.05) is 0 Å². The fourth-order valence-electron chi connectivity index (χ4n) is 4.36. The molecule has 0 saturated heterocycles. The first-order valence-electron chi connectivity index (χ1n) is 9.23. The number of benzene rings is 2. The molecule has 0 aliphatic heterocycles. The molecule has 1 amide bonds. The summed E-state index contributed by atoms with van der Waals surface area (Å²) in [6.45, 7) is 0. The van der Waals surface area contributed by atoms with Crippen molar-refractivity contribution in [2.24, 2.45) is 11.8 Å². The van der Waals surface area contributed by atoms with Crippen molar-refractivity contribution in [3.63, 3.8) is 0 Å². The molecule has 4 atom stereocenters. The Labute approximate surface area is 179 Å². The highest BCUT2D eigenvalue weighted by atomic mass is 35.5. The molecule has 0 aromatic heterocycles. The lowest BCUT2D eigenvalue weighted by atomic mass is 9.97. The van der Waals surface area contributed by atoms with Crippen molar-refractivity contribution in [1.82, 2.24) is 0 Å². The summed E-state index contributed by atoms with van der Waals surface area (Å²) >= 11 is 6.07. The molecular weight excluding hydrogens is 459 g/mol. The first kappa shape index (κ1) is 21.8. The normalized spacial score (nSPS) is 25.1. The van der Waals surface area contributed by atoms with Gasteiger partial charge in [-0.1, -0.05) is 11.6 Å². The number of sulfone groups is 1. The van der Waals surface area contributed by atoms with Gasteiger partial charge in [0.05, 0.1) is 15.2 Å². The van der Waals surface area contributed by atoms with Crippen LogP contribution in [0.15, 0.2) is 35.2 Å². The van der Waals surface area contributed by atoms with Gasteiger partial charge in [-0.2, -0.15) is 0 Å². The first-order chi connectivity index (χ1) is 14.5. The predicted molar refractivity (Wildman–Crippen MR) is 104 cm³/mol. The van der Waals surface area contributed by atoms with Gasteiger partial charge in [-0.3, -0.25) is 9.59 Å². The molecule has 11 heteroatoms. The molecule has 0 radical (unpaired) electrons. The zero-order valence-electron chi connectivity index (χ0n) is 15.6. The third kappa shape index (κ3) is 3.52. The summed E-state index contributed by atoms with van der Waals surface area (Å²) in [4.78, 5) is 24.2. The van der Waals surface area contributed by atoms with Gasteiger partial charge in [-0.15, -0.1) is 0 Å². The Bertz CT molecular complexity index is 1200. The van der Waals surface area contributed by atoms with Crippen LogP contribution in [0.25, 0.3) is 0 Å². The Morgan fingerprint density at radius 3 is 2.32 bits per heavy atom. The van der Waals surface area contributed by atoms with E-state index in [1.165, 1.54) is 12.1 Å². The number of anilines is 1. The monoisotopic (exact) mass is 473 g/mol. The van der Waals surface area contributed by atoms with Gasteiger partial charge in [0.25, 0.3) is 5.91 Å². The zero-order valence-corrected chi connectivity index (χ0v) is 17.2. The van der Waals surface area contributed by atoms with E-state index in [-0.39, 0.29) is 21.2 Å². The average molecular weight is 474 g/mol. The minimum Gasteiger partial charge on any atom is -0.385 e. The van der Waals surface area contributed by atoms with Crippen molar-refractivity contribution in [3.8, 4) is 0 Å². The van der Waals surface area contributed by atoms with E-state index >= 15 is 0 Å². The fourth-order valence-corrected chi connectivity index (χ4v) is 7.17. The van der Waals surface area contributed by atoms with Crippen molar-refractivity contribution in [3.05, 3.63) is 58.4 Å². The van der Waals surface area contributed by atoms with E-state index in [0.717, 1.165) is 6.07 Å². The number of hydrogen-bond acceptors (Lipinski definition) is 5. The molecule has 2 N–H and O–H groups in total. The molecule has 2 aromatic rings. The smallest absolute Gasteiger partial charge is 0.255 e. The number of ketones is 1. The van der Waals surface area contributed by atoms with E-state index in [4.69, 9.17) is 11.6 Å². The number of nitrogens with one attached hydrogen (secondary N) is 1. The Morgan fingerprint density at radius 1 is 1.10 bits per heavy atom. The molecule has 164 valence electrons.